The molecule has 188 valence electrons. The highest BCUT2D eigenvalue weighted by atomic mass is 35.5. The predicted octanol–water partition coefficient (Wildman–Crippen LogP) is 11.0. The summed E-state index contributed by atoms with van der Waals surface area (Å²) in [7, 11) is 0. The zero-order valence-electron chi connectivity index (χ0n) is 20.7. The molecular formula is C30H40ClF3. The molecule has 0 aliphatic heterocycles. The highest BCUT2D eigenvalue weighted by Crippen LogP contribution is 2.30. The van der Waals surface area contributed by atoms with Crippen LogP contribution in [0.3, 0.4) is 0 Å². The minimum absolute atomic E-state index is 0. The van der Waals surface area contributed by atoms with E-state index in [2.05, 4.69) is 65.0 Å². The first-order valence-electron chi connectivity index (χ1n) is 11.3. The second-order valence-electron chi connectivity index (χ2n) is 9.06. The number of benzene rings is 3. The van der Waals surface area contributed by atoms with Crippen LogP contribution >= 0.6 is 11.6 Å². The van der Waals surface area contributed by atoms with E-state index in [4.69, 9.17) is 11.6 Å². The average molecular weight is 493 g/mol. The van der Waals surface area contributed by atoms with Gasteiger partial charge >= 0.3 is 6.18 Å². The third-order valence-corrected chi connectivity index (χ3v) is 5.34. The molecule has 4 heteroatoms. The van der Waals surface area contributed by atoms with Crippen LogP contribution < -0.4 is 0 Å². The molecule has 0 aromatic heterocycles. The Morgan fingerprint density at radius 3 is 1.38 bits per heavy atom. The second-order valence-corrected chi connectivity index (χ2v) is 9.49. The van der Waals surface area contributed by atoms with E-state index in [1.807, 2.05) is 32.0 Å². The van der Waals surface area contributed by atoms with E-state index in [-0.39, 0.29) is 13.3 Å². The first-order valence-corrected chi connectivity index (χ1v) is 11.7. The van der Waals surface area contributed by atoms with Gasteiger partial charge in [-0.25, -0.2) is 0 Å². The SMILES string of the molecule is C.CC(C)c1cccc(C(F)(F)F)c1.CC(C)c1cccc(Cl)c1.Cc1cccc(C(C)C)c1. The van der Waals surface area contributed by atoms with Crippen molar-refractivity contribution < 1.29 is 13.2 Å². The van der Waals surface area contributed by atoms with Crippen molar-refractivity contribution in [2.45, 2.75) is 79.8 Å². The molecule has 0 unspecified atom stereocenters. The first kappa shape index (κ1) is 31.7. The molecule has 3 rings (SSSR count). The zero-order chi connectivity index (χ0) is 25.2. The lowest BCUT2D eigenvalue weighted by Gasteiger charge is -2.10. The molecule has 0 N–H and O–H groups in total. The molecule has 34 heavy (non-hydrogen) atoms. The Bertz CT molecular complexity index is 923. The van der Waals surface area contributed by atoms with Crippen LogP contribution in [0, 0.1) is 6.92 Å². The molecular weight excluding hydrogens is 453 g/mol. The molecule has 0 bridgehead atoms. The van der Waals surface area contributed by atoms with Gasteiger partial charge < -0.3 is 0 Å². The fourth-order valence-corrected chi connectivity index (χ4v) is 3.17. The van der Waals surface area contributed by atoms with Crippen molar-refractivity contribution in [3.05, 3.63) is 106 Å². The summed E-state index contributed by atoms with van der Waals surface area (Å²) in [6, 6.07) is 22.1. The van der Waals surface area contributed by atoms with Crippen LogP contribution in [0.5, 0.6) is 0 Å². The van der Waals surface area contributed by atoms with E-state index in [9.17, 15) is 13.2 Å². The van der Waals surface area contributed by atoms with Gasteiger partial charge in [0.25, 0.3) is 0 Å². The maximum atomic E-state index is 12.2. The van der Waals surface area contributed by atoms with Crippen LogP contribution in [-0.4, -0.2) is 0 Å². The molecule has 0 saturated carbocycles. The number of hydrogen-bond donors (Lipinski definition) is 0. The lowest BCUT2D eigenvalue weighted by molar-refractivity contribution is -0.137. The molecule has 0 saturated heterocycles. The van der Waals surface area contributed by atoms with Crippen LogP contribution in [0.25, 0.3) is 0 Å². The maximum Gasteiger partial charge on any atom is 0.416 e. The summed E-state index contributed by atoms with van der Waals surface area (Å²) in [5.41, 5.74) is 4.23. The van der Waals surface area contributed by atoms with Gasteiger partial charge in [-0.15, -0.1) is 0 Å². The Hall–Kier alpha value is -2.26. The largest absolute Gasteiger partial charge is 0.416 e. The lowest BCUT2D eigenvalue weighted by Crippen LogP contribution is -2.05. The van der Waals surface area contributed by atoms with E-state index in [0.29, 0.717) is 11.8 Å². The summed E-state index contributed by atoms with van der Waals surface area (Å²) in [5, 5.41) is 0.825. The summed E-state index contributed by atoms with van der Waals surface area (Å²) >= 11 is 5.79. The number of halogens is 4. The maximum absolute atomic E-state index is 12.2. The smallest absolute Gasteiger partial charge is 0.166 e. The Morgan fingerprint density at radius 2 is 1.03 bits per heavy atom. The van der Waals surface area contributed by atoms with E-state index in [1.165, 1.54) is 28.8 Å². The average Bonchev–Trinajstić information content (AvgIpc) is 2.74. The normalized spacial score (nSPS) is 10.8. The fraction of sp³-hybridized carbons (Fsp3) is 0.400. The lowest BCUT2D eigenvalue weighted by atomic mass is 10.0. The fourth-order valence-electron chi connectivity index (χ4n) is 2.97. The summed E-state index contributed by atoms with van der Waals surface area (Å²) in [5.74, 6) is 1.35. The molecule has 0 nitrogen and oxygen atoms in total. The van der Waals surface area contributed by atoms with Gasteiger partial charge in [-0.2, -0.15) is 13.2 Å². The van der Waals surface area contributed by atoms with Gasteiger partial charge in [-0.05, 0) is 59.6 Å². The molecule has 0 aliphatic rings. The van der Waals surface area contributed by atoms with Crippen molar-refractivity contribution in [3.8, 4) is 0 Å². The Labute approximate surface area is 210 Å². The monoisotopic (exact) mass is 492 g/mol. The van der Waals surface area contributed by atoms with E-state index < -0.39 is 11.7 Å². The van der Waals surface area contributed by atoms with Gasteiger partial charge in [0.05, 0.1) is 5.56 Å². The van der Waals surface area contributed by atoms with Crippen LogP contribution in [-0.2, 0) is 6.18 Å². The van der Waals surface area contributed by atoms with E-state index in [1.54, 1.807) is 6.07 Å². The standard InChI is InChI=1S/C10H11F3.C10H14.C9H11Cl.CH4/c1-7(2)8-4-3-5-9(6-8)10(11,12)13;1-8(2)10-6-4-5-9(3)7-10;1-7(2)8-4-3-5-9(10)6-8;/h3-7H,1-2H3;4-8H,1-3H3;3-7H,1-2H3;1H4. The minimum Gasteiger partial charge on any atom is -0.166 e. The van der Waals surface area contributed by atoms with Gasteiger partial charge in [-0.1, -0.05) is 121 Å². The van der Waals surface area contributed by atoms with Gasteiger partial charge in [-0.3, -0.25) is 0 Å². The summed E-state index contributed by atoms with van der Waals surface area (Å²) in [6.45, 7) is 14.6. The van der Waals surface area contributed by atoms with Crippen molar-refractivity contribution in [1.82, 2.24) is 0 Å². The molecule has 0 aliphatic carbocycles. The van der Waals surface area contributed by atoms with Gasteiger partial charge in [0.2, 0.25) is 0 Å². The topological polar surface area (TPSA) is 0 Å². The molecule has 0 amide bonds. The van der Waals surface area contributed by atoms with Crippen molar-refractivity contribution in [2.24, 2.45) is 0 Å². The molecule has 0 spiro atoms. The third-order valence-electron chi connectivity index (χ3n) is 5.10. The molecule has 0 heterocycles. The van der Waals surface area contributed by atoms with Crippen LogP contribution in [0.4, 0.5) is 13.2 Å². The first-order chi connectivity index (χ1) is 15.3. The highest BCUT2D eigenvalue weighted by Gasteiger charge is 2.30. The predicted molar refractivity (Wildman–Crippen MR) is 143 cm³/mol. The highest BCUT2D eigenvalue weighted by molar-refractivity contribution is 6.30. The third kappa shape index (κ3) is 11.7. The van der Waals surface area contributed by atoms with Crippen LogP contribution in [0.15, 0.2) is 72.8 Å². The molecule has 0 atom stereocenters. The van der Waals surface area contributed by atoms with Crippen LogP contribution in [0.1, 0.15) is 94.5 Å². The van der Waals surface area contributed by atoms with E-state index in [0.717, 1.165) is 16.7 Å². The number of rotatable bonds is 3. The number of alkyl halides is 3. The Morgan fingerprint density at radius 1 is 0.618 bits per heavy atom. The Kier molecular flexibility index (Phi) is 13.9. The quantitative estimate of drug-likeness (QED) is 0.341. The molecule has 0 fully saturated rings. The summed E-state index contributed by atoms with van der Waals surface area (Å²) in [4.78, 5) is 0. The molecule has 3 aromatic rings. The number of hydrogen-bond acceptors (Lipinski definition) is 0. The molecule has 3 aromatic carbocycles. The van der Waals surface area contributed by atoms with Gasteiger partial charge in [0.1, 0.15) is 0 Å². The van der Waals surface area contributed by atoms with Gasteiger partial charge in [0.15, 0.2) is 0 Å². The Balaban J connectivity index is 0.000000479. The zero-order valence-corrected chi connectivity index (χ0v) is 21.4. The van der Waals surface area contributed by atoms with Crippen molar-refractivity contribution in [2.75, 3.05) is 0 Å². The summed E-state index contributed by atoms with van der Waals surface area (Å²) in [6.07, 6.45) is -4.23. The minimum atomic E-state index is -4.23. The van der Waals surface area contributed by atoms with E-state index >= 15 is 0 Å². The van der Waals surface area contributed by atoms with Crippen molar-refractivity contribution >= 4 is 11.6 Å². The molecule has 0 radical (unpaired) electrons. The van der Waals surface area contributed by atoms with Crippen molar-refractivity contribution in [3.63, 3.8) is 0 Å². The number of aryl methyl sites for hydroxylation is 1. The van der Waals surface area contributed by atoms with Gasteiger partial charge in [0, 0.05) is 5.02 Å². The van der Waals surface area contributed by atoms with Crippen molar-refractivity contribution in [1.29, 1.82) is 0 Å². The summed E-state index contributed by atoms with van der Waals surface area (Å²) < 4.78 is 36.7. The van der Waals surface area contributed by atoms with Crippen LogP contribution in [0.2, 0.25) is 5.02 Å². The second kappa shape index (κ2) is 14.9.